The quantitative estimate of drug-likeness (QED) is 0.263. The third kappa shape index (κ3) is 5.20. The molecule has 0 saturated carbocycles. The number of nitrogens with zero attached hydrogens (tertiary/aromatic N) is 5. The van der Waals surface area contributed by atoms with Crippen LogP contribution in [0.5, 0.6) is 0 Å². The van der Waals surface area contributed by atoms with Gasteiger partial charge in [-0.15, -0.1) is 11.3 Å². The van der Waals surface area contributed by atoms with Gasteiger partial charge in [0.2, 0.25) is 0 Å². The van der Waals surface area contributed by atoms with E-state index < -0.39 is 11.4 Å². The zero-order valence-corrected chi connectivity index (χ0v) is 24.0. The summed E-state index contributed by atoms with van der Waals surface area (Å²) in [6, 6.07) is 9.37. The Bertz CT molecular complexity index is 1480. The number of primary amides is 1. The van der Waals surface area contributed by atoms with Gasteiger partial charge in [-0.1, -0.05) is 24.3 Å². The molecule has 39 heavy (non-hydrogen) atoms. The van der Waals surface area contributed by atoms with E-state index in [4.69, 9.17) is 20.4 Å². The second-order valence-corrected chi connectivity index (χ2v) is 11.3. The number of piperidine rings is 1. The number of carbonyl (C=O) groups is 2. The predicted octanol–water partition coefficient (Wildman–Crippen LogP) is 5.95. The molecule has 1 aliphatic rings. The van der Waals surface area contributed by atoms with Crippen LogP contribution in [0.3, 0.4) is 0 Å². The Balaban J connectivity index is 1.47. The van der Waals surface area contributed by atoms with Crippen LogP contribution in [0.25, 0.3) is 32.7 Å². The van der Waals surface area contributed by atoms with Gasteiger partial charge in [-0.25, -0.2) is 14.8 Å². The summed E-state index contributed by atoms with van der Waals surface area (Å²) in [5.74, 6) is -0.0806. The molecule has 11 heteroatoms. The van der Waals surface area contributed by atoms with Crippen LogP contribution in [0, 0.1) is 5.41 Å². The maximum Gasteiger partial charge on any atom is 0.321 e. The smallest absolute Gasteiger partial charge is 0.321 e. The summed E-state index contributed by atoms with van der Waals surface area (Å²) in [7, 11) is 0. The van der Waals surface area contributed by atoms with Crippen molar-refractivity contribution in [2.24, 2.45) is 11.1 Å². The largest absolute Gasteiger partial charge is 0.466 e. The van der Waals surface area contributed by atoms with Gasteiger partial charge in [-0.2, -0.15) is 0 Å². The maximum absolute atomic E-state index is 12.6. The van der Waals surface area contributed by atoms with Crippen molar-refractivity contribution >= 4 is 55.2 Å². The molecule has 9 nitrogen and oxygen atoms in total. The van der Waals surface area contributed by atoms with Crippen LogP contribution in [0.1, 0.15) is 40.0 Å². The van der Waals surface area contributed by atoms with Gasteiger partial charge >= 0.3 is 12.0 Å². The molecule has 3 aromatic heterocycles. The van der Waals surface area contributed by atoms with Crippen LogP contribution in [0.2, 0.25) is 0 Å². The maximum atomic E-state index is 12.6. The van der Waals surface area contributed by atoms with E-state index >= 15 is 0 Å². The molecular weight excluding hydrogens is 532 g/mol. The van der Waals surface area contributed by atoms with Gasteiger partial charge in [0.05, 0.1) is 33.6 Å². The van der Waals surface area contributed by atoms with Crippen LogP contribution < -0.4 is 15.5 Å². The highest BCUT2D eigenvalue weighted by Crippen LogP contribution is 2.41. The Labute approximate surface area is 235 Å². The Morgan fingerprint density at radius 2 is 1.92 bits per heavy atom. The number of amides is 2. The van der Waals surface area contributed by atoms with E-state index in [1.54, 1.807) is 17.5 Å². The lowest BCUT2D eigenvalue weighted by Gasteiger charge is -2.39. The van der Waals surface area contributed by atoms with Crippen molar-refractivity contribution < 1.29 is 14.3 Å². The number of fused-ring (bicyclic) bond motifs is 1. The number of ether oxygens (including phenoxy) is 1. The SMILES string of the molecule is CCOC(=O)C1(CC)CCN(c2nc(-c3cc(-c4ccccn4)c4sc(N(CC)C(N)=O)nc4c3)cs2)CC1. The highest BCUT2D eigenvalue weighted by atomic mass is 32.1. The predicted molar refractivity (Wildman–Crippen MR) is 157 cm³/mol. The lowest BCUT2D eigenvalue weighted by Crippen LogP contribution is -2.45. The fourth-order valence-corrected chi connectivity index (χ4v) is 7.06. The van der Waals surface area contributed by atoms with E-state index in [2.05, 4.69) is 28.3 Å². The molecule has 0 atom stereocenters. The summed E-state index contributed by atoms with van der Waals surface area (Å²) in [5.41, 5.74) is 9.49. The highest BCUT2D eigenvalue weighted by molar-refractivity contribution is 7.23. The van der Waals surface area contributed by atoms with Crippen LogP contribution in [-0.2, 0) is 9.53 Å². The van der Waals surface area contributed by atoms with Crippen molar-refractivity contribution in [3.05, 3.63) is 41.9 Å². The highest BCUT2D eigenvalue weighted by Gasteiger charge is 2.41. The van der Waals surface area contributed by atoms with Crippen LogP contribution >= 0.6 is 22.7 Å². The van der Waals surface area contributed by atoms with Gasteiger partial charge in [0.1, 0.15) is 0 Å². The number of aromatic nitrogens is 3. The summed E-state index contributed by atoms with van der Waals surface area (Å²) in [4.78, 5) is 42.7. The van der Waals surface area contributed by atoms with Crippen LogP contribution in [-0.4, -0.2) is 53.2 Å². The summed E-state index contributed by atoms with van der Waals surface area (Å²) in [5, 5.41) is 3.55. The first kappa shape index (κ1) is 27.0. The normalized spacial score (nSPS) is 14.9. The van der Waals surface area contributed by atoms with Gasteiger partial charge < -0.3 is 15.4 Å². The molecule has 204 valence electrons. The number of esters is 1. The molecule has 0 radical (unpaired) electrons. The summed E-state index contributed by atoms with van der Waals surface area (Å²) in [6.07, 6.45) is 4.05. The molecule has 4 aromatic rings. The van der Waals surface area contributed by atoms with E-state index in [1.165, 1.54) is 16.2 Å². The Morgan fingerprint density at radius 3 is 2.56 bits per heavy atom. The average Bonchev–Trinajstić information content (AvgIpc) is 3.61. The van der Waals surface area contributed by atoms with Gasteiger partial charge in [0.25, 0.3) is 0 Å². The number of nitrogens with two attached hydrogens (primary N) is 1. The number of urea groups is 1. The number of hydrogen-bond acceptors (Lipinski definition) is 9. The first-order chi connectivity index (χ1) is 18.9. The summed E-state index contributed by atoms with van der Waals surface area (Å²) >= 11 is 3.03. The minimum atomic E-state index is -0.531. The lowest BCUT2D eigenvalue weighted by molar-refractivity contribution is -0.157. The van der Waals surface area contributed by atoms with E-state index in [0.29, 0.717) is 18.3 Å². The van der Waals surface area contributed by atoms with Gasteiger partial charge in [0, 0.05) is 42.3 Å². The first-order valence-electron chi connectivity index (χ1n) is 13.2. The molecule has 0 unspecified atom stereocenters. The van der Waals surface area contributed by atoms with E-state index in [9.17, 15) is 9.59 Å². The number of carbonyl (C=O) groups excluding carboxylic acids is 2. The Morgan fingerprint density at radius 1 is 1.13 bits per heavy atom. The minimum Gasteiger partial charge on any atom is -0.466 e. The number of hydrogen-bond donors (Lipinski definition) is 1. The average molecular weight is 565 g/mol. The number of anilines is 2. The Kier molecular flexibility index (Phi) is 7.81. The first-order valence-corrected chi connectivity index (χ1v) is 14.9. The van der Waals surface area contributed by atoms with Gasteiger partial charge in [-0.05, 0) is 57.4 Å². The number of pyridine rings is 1. The molecule has 1 fully saturated rings. The standard InChI is InChI=1S/C28H32N6O3S2/c1-4-28(24(35)37-6-3)10-13-33(14-11-28)26-32-22(17-38-26)18-15-19(20-9-7-8-12-30-20)23-21(16-18)31-27(39-23)34(5-2)25(29)36/h7-9,12,15-17H,4-6,10-11,13-14H2,1-3H3,(H2,29,36). The van der Waals surface area contributed by atoms with Crippen LogP contribution in [0.4, 0.5) is 15.1 Å². The molecule has 2 N–H and O–H groups in total. The number of benzene rings is 1. The lowest BCUT2D eigenvalue weighted by atomic mass is 9.76. The van der Waals surface area contributed by atoms with Gasteiger partial charge in [-0.3, -0.25) is 14.7 Å². The van der Waals surface area contributed by atoms with E-state index in [0.717, 1.165) is 70.2 Å². The third-order valence-electron chi connectivity index (χ3n) is 7.40. The molecule has 1 saturated heterocycles. The molecular formula is C28H32N6O3S2. The summed E-state index contributed by atoms with van der Waals surface area (Å²) in [6.45, 7) is 8.15. The van der Waals surface area contributed by atoms with Crippen molar-refractivity contribution in [1.29, 1.82) is 0 Å². The molecule has 1 aromatic carbocycles. The van der Waals surface area contributed by atoms with Crippen LogP contribution in [0.15, 0.2) is 41.9 Å². The van der Waals surface area contributed by atoms with Crippen molar-refractivity contribution in [1.82, 2.24) is 15.0 Å². The molecule has 0 bridgehead atoms. The van der Waals surface area contributed by atoms with Gasteiger partial charge in [0.15, 0.2) is 10.3 Å². The molecule has 0 spiro atoms. The van der Waals surface area contributed by atoms with E-state index in [-0.39, 0.29) is 5.97 Å². The molecule has 0 aliphatic carbocycles. The zero-order valence-electron chi connectivity index (χ0n) is 22.3. The second-order valence-electron chi connectivity index (χ2n) is 9.52. The topological polar surface area (TPSA) is 115 Å². The monoisotopic (exact) mass is 564 g/mol. The fourth-order valence-electron chi connectivity index (χ4n) is 5.04. The molecule has 2 amide bonds. The number of thiazole rings is 2. The zero-order chi connectivity index (χ0) is 27.6. The van der Waals surface area contributed by atoms with E-state index in [1.807, 2.05) is 38.1 Å². The van der Waals surface area contributed by atoms with Crippen molar-refractivity contribution in [2.45, 2.75) is 40.0 Å². The third-order valence-corrected chi connectivity index (χ3v) is 9.43. The minimum absolute atomic E-state index is 0.0806. The molecule has 1 aliphatic heterocycles. The summed E-state index contributed by atoms with van der Waals surface area (Å²) < 4.78 is 6.33. The van der Waals surface area contributed by atoms with Crippen molar-refractivity contribution in [3.63, 3.8) is 0 Å². The van der Waals surface area contributed by atoms with Crippen molar-refractivity contribution in [3.8, 4) is 22.5 Å². The second kappa shape index (κ2) is 11.3. The molecule has 4 heterocycles. The Hall–Kier alpha value is -3.57. The fraction of sp³-hybridized carbons (Fsp3) is 0.393. The van der Waals surface area contributed by atoms with Crippen molar-refractivity contribution in [2.75, 3.05) is 36.0 Å². The number of rotatable bonds is 8. The molecule has 5 rings (SSSR count).